The molecule has 1 saturated carbocycles. The Morgan fingerprint density at radius 1 is 0.610 bits per heavy atom. The van der Waals surface area contributed by atoms with Crippen molar-refractivity contribution in [2.75, 3.05) is 5.32 Å². The molecule has 0 aromatic heterocycles. The third-order valence-electron chi connectivity index (χ3n) is 6.09. The molecule has 226 valence electrons. The molecule has 0 bridgehead atoms. The lowest BCUT2D eigenvalue weighted by Crippen LogP contribution is -2.54. The van der Waals surface area contributed by atoms with Crippen molar-refractivity contribution in [1.82, 2.24) is 10.6 Å². The third-order valence-corrected chi connectivity index (χ3v) is 6.31. The fourth-order valence-electron chi connectivity index (χ4n) is 4.18. The average molecular weight is 625 g/mol. The number of nitrogens with one attached hydrogen (secondary N) is 3. The number of hydrogen-bond acceptors (Lipinski definition) is 2. The number of hydrogen-bond donors (Lipinski definition) is 3. The van der Waals surface area contributed by atoms with E-state index in [9.17, 15) is 57.5 Å². The Kier molecular flexibility index (Phi) is 9.10. The Hall–Kier alpha value is -3.24. The molecule has 1 fully saturated rings. The summed E-state index contributed by atoms with van der Waals surface area (Å²) in [5.74, 6) is -1.26. The number of benzene rings is 2. The van der Waals surface area contributed by atoms with E-state index in [1.165, 1.54) is 0 Å². The summed E-state index contributed by atoms with van der Waals surface area (Å²) in [5.41, 5.74) is -8.15. The van der Waals surface area contributed by atoms with Crippen LogP contribution in [-0.4, -0.2) is 23.1 Å². The van der Waals surface area contributed by atoms with Gasteiger partial charge < -0.3 is 16.0 Å². The van der Waals surface area contributed by atoms with Gasteiger partial charge in [0.1, 0.15) is 0 Å². The van der Waals surface area contributed by atoms with E-state index in [1.54, 1.807) is 0 Å². The second-order valence-corrected chi connectivity index (χ2v) is 9.57. The number of thiocarbonyl (C=S) groups is 1. The summed E-state index contributed by atoms with van der Waals surface area (Å²) in [6.45, 7) is 0. The highest BCUT2D eigenvalue weighted by Gasteiger charge is 2.39. The van der Waals surface area contributed by atoms with E-state index < -0.39 is 81.3 Å². The molecule has 1 aliphatic carbocycles. The number of amides is 1. The molecule has 0 heterocycles. The Morgan fingerprint density at radius 2 is 0.976 bits per heavy atom. The van der Waals surface area contributed by atoms with E-state index in [1.807, 2.05) is 0 Å². The van der Waals surface area contributed by atoms with Gasteiger partial charge >= 0.3 is 24.7 Å². The van der Waals surface area contributed by atoms with Gasteiger partial charge in [0.15, 0.2) is 5.11 Å². The number of anilines is 1. The van der Waals surface area contributed by atoms with E-state index in [2.05, 4.69) is 16.0 Å². The zero-order chi connectivity index (χ0) is 31.0. The molecule has 2 aromatic rings. The van der Waals surface area contributed by atoms with Crippen LogP contribution in [0, 0.1) is 0 Å². The molecule has 0 aliphatic heterocycles. The average Bonchev–Trinajstić information content (AvgIpc) is 2.82. The van der Waals surface area contributed by atoms with Crippen molar-refractivity contribution >= 4 is 28.9 Å². The lowest BCUT2D eigenvalue weighted by atomic mass is 9.90. The first-order chi connectivity index (χ1) is 18.6. The van der Waals surface area contributed by atoms with Crippen molar-refractivity contribution in [2.24, 2.45) is 0 Å². The van der Waals surface area contributed by atoms with Crippen LogP contribution >= 0.6 is 12.2 Å². The van der Waals surface area contributed by atoms with Crippen molar-refractivity contribution in [3.8, 4) is 0 Å². The van der Waals surface area contributed by atoms with Crippen molar-refractivity contribution in [1.29, 1.82) is 0 Å². The largest absolute Gasteiger partial charge is 0.416 e. The SMILES string of the molecule is O=C(N[C@@H]1CCCC[C@H]1NC(=S)Nc1cc(C(F)(F)F)cc(C(F)(F)F)c1)c1cc(C(F)(F)F)cc(C(F)(F)F)c1. The van der Waals surface area contributed by atoms with Crippen molar-refractivity contribution < 1.29 is 57.5 Å². The summed E-state index contributed by atoms with van der Waals surface area (Å²) in [6.07, 6.45) is -19.1. The number of halogens is 12. The second kappa shape index (κ2) is 11.6. The molecule has 1 aliphatic rings. The highest BCUT2D eigenvalue weighted by atomic mass is 32.1. The first kappa shape index (κ1) is 32.3. The van der Waals surface area contributed by atoms with Gasteiger partial charge in [0.25, 0.3) is 5.91 Å². The van der Waals surface area contributed by atoms with Crippen LogP contribution in [0.25, 0.3) is 0 Å². The maximum Gasteiger partial charge on any atom is 0.416 e. The molecular weight excluding hydrogens is 606 g/mol. The molecule has 0 saturated heterocycles. The molecule has 3 N–H and O–H groups in total. The molecule has 3 rings (SSSR count). The Bertz CT molecular complexity index is 1220. The van der Waals surface area contributed by atoms with Crippen LogP contribution in [0.5, 0.6) is 0 Å². The molecule has 4 nitrogen and oxygen atoms in total. The van der Waals surface area contributed by atoms with Gasteiger partial charge in [-0.2, -0.15) is 52.7 Å². The molecule has 0 radical (unpaired) electrons. The molecule has 17 heteroatoms. The lowest BCUT2D eigenvalue weighted by Gasteiger charge is -2.33. The van der Waals surface area contributed by atoms with Crippen LogP contribution in [0.1, 0.15) is 58.3 Å². The van der Waals surface area contributed by atoms with Crippen molar-refractivity contribution in [3.63, 3.8) is 0 Å². The van der Waals surface area contributed by atoms with Gasteiger partial charge in [0, 0.05) is 23.3 Å². The van der Waals surface area contributed by atoms with Gasteiger partial charge in [0.2, 0.25) is 0 Å². The summed E-state index contributed by atoms with van der Waals surface area (Å²) in [5, 5.41) is 6.79. The first-order valence-electron chi connectivity index (χ1n) is 11.6. The fraction of sp³-hybridized carbons (Fsp3) is 0.417. The van der Waals surface area contributed by atoms with Gasteiger partial charge in [-0.25, -0.2) is 0 Å². The minimum atomic E-state index is -5.18. The minimum Gasteiger partial charge on any atom is -0.358 e. The van der Waals surface area contributed by atoms with Gasteiger partial charge in [-0.05, 0) is 61.5 Å². The van der Waals surface area contributed by atoms with Crippen LogP contribution < -0.4 is 16.0 Å². The number of alkyl halides is 12. The maximum atomic E-state index is 13.2. The fourth-order valence-corrected chi connectivity index (χ4v) is 4.45. The normalized spacial score (nSPS) is 18.5. The van der Waals surface area contributed by atoms with Crippen molar-refractivity contribution in [2.45, 2.75) is 62.5 Å². The van der Waals surface area contributed by atoms with E-state index in [0.717, 1.165) is 0 Å². The van der Waals surface area contributed by atoms with Crippen LogP contribution in [0.2, 0.25) is 0 Å². The molecule has 0 unspecified atom stereocenters. The van der Waals surface area contributed by atoms with Gasteiger partial charge in [-0.3, -0.25) is 4.79 Å². The second-order valence-electron chi connectivity index (χ2n) is 9.16. The molecule has 0 spiro atoms. The summed E-state index contributed by atoms with van der Waals surface area (Å²) in [6, 6.07) is -0.622. The Morgan fingerprint density at radius 3 is 1.37 bits per heavy atom. The Labute approximate surface area is 229 Å². The summed E-state index contributed by atoms with van der Waals surface area (Å²) in [4.78, 5) is 12.7. The highest BCUT2D eigenvalue weighted by Crippen LogP contribution is 2.38. The standard InChI is InChI=1S/C24H19F12N3OS/c25-21(26,27)12-5-11(6-13(7-12)22(28,29)30)19(40)38-17-3-1-2-4-18(17)39-20(41)37-16-9-14(23(31,32)33)8-15(10-16)24(34,35)36/h5-10,17-18H,1-4H2,(H,38,40)(H2,37,39,41)/t17-,18-/m1/s1. The van der Waals surface area contributed by atoms with Crippen LogP contribution in [0.3, 0.4) is 0 Å². The van der Waals surface area contributed by atoms with Crippen LogP contribution in [0.15, 0.2) is 36.4 Å². The van der Waals surface area contributed by atoms with Crippen LogP contribution in [-0.2, 0) is 24.7 Å². The zero-order valence-corrected chi connectivity index (χ0v) is 21.1. The smallest absolute Gasteiger partial charge is 0.358 e. The minimum absolute atomic E-state index is 0.0770. The summed E-state index contributed by atoms with van der Waals surface area (Å²) >= 11 is 5.02. The van der Waals surface area contributed by atoms with E-state index in [4.69, 9.17) is 12.2 Å². The van der Waals surface area contributed by atoms with Crippen molar-refractivity contribution in [3.05, 3.63) is 64.2 Å². The van der Waals surface area contributed by atoms with E-state index in [-0.39, 0.29) is 37.1 Å². The van der Waals surface area contributed by atoms with E-state index in [0.29, 0.717) is 25.0 Å². The first-order valence-corrected chi connectivity index (χ1v) is 12.0. The quantitative estimate of drug-likeness (QED) is 0.240. The highest BCUT2D eigenvalue weighted by molar-refractivity contribution is 7.80. The molecular formula is C24H19F12N3OS. The summed E-state index contributed by atoms with van der Waals surface area (Å²) in [7, 11) is 0. The zero-order valence-electron chi connectivity index (χ0n) is 20.3. The topological polar surface area (TPSA) is 53.2 Å². The van der Waals surface area contributed by atoms with Gasteiger partial charge in [-0.1, -0.05) is 12.8 Å². The predicted octanol–water partition coefficient (Wildman–Crippen LogP) is 7.79. The Balaban J connectivity index is 1.80. The van der Waals surface area contributed by atoms with Gasteiger partial charge in [-0.15, -0.1) is 0 Å². The number of rotatable bonds is 4. The molecule has 1 amide bonds. The molecule has 41 heavy (non-hydrogen) atoms. The van der Waals surface area contributed by atoms with E-state index >= 15 is 0 Å². The maximum absolute atomic E-state index is 13.2. The molecule has 2 aromatic carbocycles. The number of carbonyl (C=O) groups excluding carboxylic acids is 1. The number of carbonyl (C=O) groups is 1. The molecule has 2 atom stereocenters. The van der Waals surface area contributed by atoms with Gasteiger partial charge in [0.05, 0.1) is 22.3 Å². The third kappa shape index (κ3) is 8.63. The summed E-state index contributed by atoms with van der Waals surface area (Å²) < 4.78 is 158. The predicted molar refractivity (Wildman–Crippen MR) is 126 cm³/mol. The monoisotopic (exact) mass is 625 g/mol. The van der Waals surface area contributed by atoms with Crippen LogP contribution in [0.4, 0.5) is 58.4 Å². The lowest BCUT2D eigenvalue weighted by molar-refractivity contribution is -0.144.